The summed E-state index contributed by atoms with van der Waals surface area (Å²) in [6, 6.07) is 6.89. The second-order valence-electron chi connectivity index (χ2n) is 3.19. The Balaban J connectivity index is 2.49. The van der Waals surface area contributed by atoms with E-state index in [1.165, 1.54) is 10.7 Å². The zero-order valence-electron chi connectivity index (χ0n) is 8.38. The van der Waals surface area contributed by atoms with E-state index < -0.39 is 5.97 Å². The minimum absolute atomic E-state index is 0.136. The molecule has 82 valence electrons. The van der Waals surface area contributed by atoms with E-state index in [9.17, 15) is 4.79 Å². The number of halogens is 1. The van der Waals surface area contributed by atoms with Crippen molar-refractivity contribution >= 4 is 21.9 Å². The predicted octanol–water partition coefficient (Wildman–Crippen LogP) is 1.94. The van der Waals surface area contributed by atoms with Crippen LogP contribution in [0.5, 0.6) is 0 Å². The highest BCUT2D eigenvalue weighted by Crippen LogP contribution is 2.18. The van der Waals surface area contributed by atoms with E-state index in [0.717, 1.165) is 0 Å². The van der Waals surface area contributed by atoms with Gasteiger partial charge in [0.2, 0.25) is 0 Å². The summed E-state index contributed by atoms with van der Waals surface area (Å²) in [5, 5.41) is 13.0. The van der Waals surface area contributed by atoms with E-state index in [1.54, 1.807) is 19.2 Å². The van der Waals surface area contributed by atoms with Gasteiger partial charge in [-0.05, 0) is 28.1 Å². The van der Waals surface area contributed by atoms with Crippen molar-refractivity contribution in [1.82, 2.24) is 14.8 Å². The van der Waals surface area contributed by atoms with Crippen molar-refractivity contribution in [2.75, 3.05) is 0 Å². The number of hydrogen-bond acceptors (Lipinski definition) is 3. The van der Waals surface area contributed by atoms with E-state index in [1.807, 2.05) is 6.07 Å². The van der Waals surface area contributed by atoms with Crippen molar-refractivity contribution in [3.63, 3.8) is 0 Å². The average Bonchev–Trinajstić information content (AvgIpc) is 2.60. The van der Waals surface area contributed by atoms with Gasteiger partial charge < -0.3 is 5.11 Å². The predicted molar refractivity (Wildman–Crippen MR) is 61.1 cm³/mol. The van der Waals surface area contributed by atoms with Crippen LogP contribution in [-0.4, -0.2) is 25.8 Å². The van der Waals surface area contributed by atoms with Crippen molar-refractivity contribution in [3.05, 3.63) is 34.6 Å². The Hall–Kier alpha value is -1.69. The number of rotatable bonds is 2. The molecular formula is C10H8BrN3O2. The molecule has 2 rings (SSSR count). The fourth-order valence-electron chi connectivity index (χ4n) is 1.34. The molecule has 0 amide bonds. The zero-order valence-corrected chi connectivity index (χ0v) is 9.97. The van der Waals surface area contributed by atoms with E-state index in [4.69, 9.17) is 5.11 Å². The number of aromatic nitrogens is 3. The topological polar surface area (TPSA) is 68.0 Å². The molecular weight excluding hydrogens is 274 g/mol. The molecule has 0 saturated carbocycles. The number of aromatic carboxylic acids is 1. The Kier molecular flexibility index (Phi) is 2.74. The maximum Gasteiger partial charge on any atom is 0.354 e. The SMILES string of the molecule is Cn1nc(-c2cccc(Br)n2)cc1C(=O)O. The molecule has 5 nitrogen and oxygen atoms in total. The fraction of sp³-hybridized carbons (Fsp3) is 0.100. The molecule has 0 aliphatic heterocycles. The molecule has 0 atom stereocenters. The van der Waals surface area contributed by atoms with Crippen LogP contribution in [0.2, 0.25) is 0 Å². The normalized spacial score (nSPS) is 10.4. The lowest BCUT2D eigenvalue weighted by atomic mass is 10.2. The van der Waals surface area contributed by atoms with Crippen molar-refractivity contribution in [2.45, 2.75) is 0 Å². The van der Waals surface area contributed by atoms with Gasteiger partial charge in [0.25, 0.3) is 0 Å². The second-order valence-corrected chi connectivity index (χ2v) is 4.00. The van der Waals surface area contributed by atoms with Gasteiger partial charge in [-0.2, -0.15) is 5.10 Å². The number of carboxylic acid groups (broad SMARTS) is 1. The molecule has 16 heavy (non-hydrogen) atoms. The van der Waals surface area contributed by atoms with Gasteiger partial charge in [-0.3, -0.25) is 4.68 Å². The molecule has 0 fully saturated rings. The van der Waals surface area contributed by atoms with Gasteiger partial charge in [0.1, 0.15) is 16.0 Å². The number of nitrogens with zero attached hydrogens (tertiary/aromatic N) is 3. The summed E-state index contributed by atoms with van der Waals surface area (Å²) < 4.78 is 2.01. The quantitative estimate of drug-likeness (QED) is 0.855. The zero-order chi connectivity index (χ0) is 11.7. The average molecular weight is 282 g/mol. The lowest BCUT2D eigenvalue weighted by Crippen LogP contribution is -2.04. The van der Waals surface area contributed by atoms with E-state index in [-0.39, 0.29) is 5.69 Å². The summed E-state index contributed by atoms with van der Waals surface area (Å²) in [7, 11) is 1.59. The molecule has 0 aliphatic rings. The minimum Gasteiger partial charge on any atom is -0.477 e. The summed E-state index contributed by atoms with van der Waals surface area (Å²) in [5.74, 6) is -1.00. The second kappa shape index (κ2) is 4.05. The van der Waals surface area contributed by atoms with Crippen molar-refractivity contribution in [2.24, 2.45) is 7.05 Å². The Morgan fingerprint density at radius 1 is 1.44 bits per heavy atom. The van der Waals surface area contributed by atoms with Crippen LogP contribution in [0, 0.1) is 0 Å². The first kappa shape index (κ1) is 10.8. The van der Waals surface area contributed by atoms with Crippen molar-refractivity contribution < 1.29 is 9.90 Å². The van der Waals surface area contributed by atoms with Gasteiger partial charge in [-0.1, -0.05) is 6.07 Å². The molecule has 2 heterocycles. The van der Waals surface area contributed by atoms with Crippen LogP contribution in [0.3, 0.4) is 0 Å². The maximum absolute atomic E-state index is 10.8. The number of pyridine rings is 1. The number of carboxylic acids is 1. The molecule has 0 saturated heterocycles. The Morgan fingerprint density at radius 3 is 2.75 bits per heavy atom. The van der Waals surface area contributed by atoms with Crippen LogP contribution in [0.1, 0.15) is 10.5 Å². The fourth-order valence-corrected chi connectivity index (χ4v) is 1.69. The van der Waals surface area contributed by atoms with Crippen molar-refractivity contribution in [3.8, 4) is 11.4 Å². The minimum atomic E-state index is -1.00. The molecule has 0 aliphatic carbocycles. The van der Waals surface area contributed by atoms with Gasteiger partial charge >= 0.3 is 5.97 Å². The highest BCUT2D eigenvalue weighted by atomic mass is 79.9. The van der Waals surface area contributed by atoms with Crippen LogP contribution in [0.4, 0.5) is 0 Å². The molecule has 0 bridgehead atoms. The maximum atomic E-state index is 10.8. The van der Waals surface area contributed by atoms with Gasteiger partial charge in [-0.25, -0.2) is 9.78 Å². The number of carbonyl (C=O) groups is 1. The van der Waals surface area contributed by atoms with Gasteiger partial charge in [-0.15, -0.1) is 0 Å². The number of aryl methyl sites for hydroxylation is 1. The van der Waals surface area contributed by atoms with Crippen LogP contribution in [-0.2, 0) is 7.05 Å². The Morgan fingerprint density at radius 2 is 2.19 bits per heavy atom. The van der Waals surface area contributed by atoms with Crippen LogP contribution in [0.15, 0.2) is 28.9 Å². The molecule has 0 radical (unpaired) electrons. The van der Waals surface area contributed by atoms with Gasteiger partial charge in [0.05, 0.1) is 5.69 Å². The van der Waals surface area contributed by atoms with Crippen LogP contribution >= 0.6 is 15.9 Å². The van der Waals surface area contributed by atoms with Crippen LogP contribution < -0.4 is 0 Å². The summed E-state index contributed by atoms with van der Waals surface area (Å²) >= 11 is 3.25. The van der Waals surface area contributed by atoms with E-state index in [0.29, 0.717) is 16.0 Å². The molecule has 2 aromatic heterocycles. The third-order valence-electron chi connectivity index (χ3n) is 2.08. The standard InChI is InChI=1S/C10H8BrN3O2/c1-14-8(10(15)16)5-7(13-14)6-3-2-4-9(11)12-6/h2-5H,1H3,(H,15,16). The van der Waals surface area contributed by atoms with E-state index in [2.05, 4.69) is 26.0 Å². The first-order chi connectivity index (χ1) is 7.58. The summed E-state index contributed by atoms with van der Waals surface area (Å²) in [4.78, 5) is 15.0. The molecule has 6 heteroatoms. The molecule has 2 aromatic rings. The highest BCUT2D eigenvalue weighted by molar-refractivity contribution is 9.10. The van der Waals surface area contributed by atoms with Gasteiger partial charge in [0, 0.05) is 13.1 Å². The Bertz CT molecular complexity index is 551. The van der Waals surface area contributed by atoms with Gasteiger partial charge in [0.15, 0.2) is 0 Å². The largest absolute Gasteiger partial charge is 0.477 e. The molecule has 0 unspecified atom stereocenters. The molecule has 0 spiro atoms. The number of hydrogen-bond donors (Lipinski definition) is 1. The summed E-state index contributed by atoms with van der Waals surface area (Å²) in [6.45, 7) is 0. The van der Waals surface area contributed by atoms with Crippen LogP contribution in [0.25, 0.3) is 11.4 Å². The molecule has 1 N–H and O–H groups in total. The Labute approximate surface area is 99.9 Å². The molecule has 0 aromatic carbocycles. The van der Waals surface area contributed by atoms with E-state index >= 15 is 0 Å². The first-order valence-electron chi connectivity index (χ1n) is 4.48. The summed E-state index contributed by atoms with van der Waals surface area (Å²) in [5.41, 5.74) is 1.32. The first-order valence-corrected chi connectivity index (χ1v) is 5.27. The highest BCUT2D eigenvalue weighted by Gasteiger charge is 2.13. The third kappa shape index (κ3) is 1.96. The lowest BCUT2D eigenvalue weighted by molar-refractivity contribution is 0.0685. The third-order valence-corrected chi connectivity index (χ3v) is 2.52. The van der Waals surface area contributed by atoms with Crippen molar-refractivity contribution in [1.29, 1.82) is 0 Å². The monoisotopic (exact) mass is 281 g/mol. The lowest BCUT2D eigenvalue weighted by Gasteiger charge is -1.95. The smallest absolute Gasteiger partial charge is 0.354 e. The summed E-state index contributed by atoms with van der Waals surface area (Å²) in [6.07, 6.45) is 0.